The molecule has 1 heterocycles. The lowest BCUT2D eigenvalue weighted by Gasteiger charge is -2.38. The summed E-state index contributed by atoms with van der Waals surface area (Å²) in [6, 6.07) is 15.0. The second kappa shape index (κ2) is 9.30. The highest BCUT2D eigenvalue weighted by atomic mass is 16.5. The molecule has 0 aromatic heterocycles. The van der Waals surface area contributed by atoms with Gasteiger partial charge in [0.2, 0.25) is 0 Å². The van der Waals surface area contributed by atoms with Crippen molar-refractivity contribution in [2.75, 3.05) is 14.2 Å². The first-order chi connectivity index (χ1) is 15.5. The van der Waals surface area contributed by atoms with Crippen LogP contribution in [-0.2, 0) is 20.9 Å². The van der Waals surface area contributed by atoms with E-state index in [4.69, 9.17) is 14.2 Å². The Morgan fingerprint density at radius 2 is 1.84 bits per heavy atom. The van der Waals surface area contributed by atoms with Gasteiger partial charge in [0, 0.05) is 34.9 Å². The van der Waals surface area contributed by atoms with Crippen molar-refractivity contribution in [3.05, 3.63) is 83.2 Å². The summed E-state index contributed by atoms with van der Waals surface area (Å²) in [5, 5.41) is 3.24. The smallest absolute Gasteiger partial charge is 0.316 e. The first-order valence-corrected chi connectivity index (χ1v) is 10.7. The maximum Gasteiger partial charge on any atom is 0.316 e. The number of Topliss-reactive ketones (excluding diaryl/α,β-unsaturated/α-hetero) is 1. The molecule has 0 saturated carbocycles. The van der Waals surface area contributed by atoms with Gasteiger partial charge in [-0.25, -0.2) is 0 Å². The Labute approximate surface area is 187 Å². The van der Waals surface area contributed by atoms with Crippen molar-refractivity contribution in [2.24, 2.45) is 5.92 Å². The van der Waals surface area contributed by atoms with E-state index in [0.29, 0.717) is 34.8 Å². The van der Waals surface area contributed by atoms with E-state index < -0.39 is 17.8 Å². The molecule has 2 aromatic rings. The predicted molar refractivity (Wildman–Crippen MR) is 120 cm³/mol. The zero-order valence-corrected chi connectivity index (χ0v) is 18.4. The molecular formula is C26H27NO5. The summed E-state index contributed by atoms with van der Waals surface area (Å²) < 4.78 is 16.8. The molecule has 0 saturated heterocycles. The molecule has 2 aliphatic rings. The van der Waals surface area contributed by atoms with Gasteiger partial charge < -0.3 is 19.5 Å². The fraction of sp³-hybridized carbons (Fsp3) is 0.308. The molecule has 1 aliphatic carbocycles. The Balaban J connectivity index is 1.78. The van der Waals surface area contributed by atoms with Gasteiger partial charge in [-0.1, -0.05) is 49.0 Å². The van der Waals surface area contributed by atoms with Crippen LogP contribution >= 0.6 is 0 Å². The molecule has 32 heavy (non-hydrogen) atoms. The maximum absolute atomic E-state index is 13.4. The number of carbonyl (C=O) groups is 2. The summed E-state index contributed by atoms with van der Waals surface area (Å²) in [7, 11) is 3.11. The Kier molecular flexibility index (Phi) is 6.30. The summed E-state index contributed by atoms with van der Waals surface area (Å²) in [6.45, 7) is 4.28. The number of nitrogens with one attached hydrogen (secondary N) is 1. The summed E-state index contributed by atoms with van der Waals surface area (Å²) in [5.41, 5.74) is 3.55. The van der Waals surface area contributed by atoms with Crippen LogP contribution in [0.2, 0.25) is 0 Å². The standard InChI is InChI=1S/C26H27NO5/c1-16-22(26(29)32-15-17-9-5-4-6-10-17)23(24-19(27-16)12-8-13-20(24)28)18-11-7-14-21(30-2)25(18)31-3/h4-7,9-11,14,22-23,27H,1,8,12-13,15H2,2-3H3. The number of esters is 1. The number of para-hydroxylation sites is 1. The van der Waals surface area contributed by atoms with Gasteiger partial charge in [0.05, 0.1) is 14.2 Å². The first-order valence-electron chi connectivity index (χ1n) is 10.7. The van der Waals surface area contributed by atoms with Crippen LogP contribution in [0.25, 0.3) is 0 Å². The van der Waals surface area contributed by atoms with E-state index in [1.54, 1.807) is 20.3 Å². The molecule has 0 spiro atoms. The lowest BCUT2D eigenvalue weighted by molar-refractivity contribution is -0.149. The third-order valence-electron chi connectivity index (χ3n) is 6.03. The fourth-order valence-corrected chi connectivity index (χ4v) is 4.58. The largest absolute Gasteiger partial charge is 0.493 e. The average Bonchev–Trinajstić information content (AvgIpc) is 2.81. The number of benzene rings is 2. The Morgan fingerprint density at radius 3 is 2.56 bits per heavy atom. The molecule has 2 unspecified atom stereocenters. The number of hydrogen-bond acceptors (Lipinski definition) is 6. The fourth-order valence-electron chi connectivity index (χ4n) is 4.58. The van der Waals surface area contributed by atoms with Crippen LogP contribution in [0.15, 0.2) is 72.1 Å². The molecular weight excluding hydrogens is 406 g/mol. The Morgan fingerprint density at radius 1 is 1.06 bits per heavy atom. The lowest BCUT2D eigenvalue weighted by atomic mass is 9.71. The molecule has 6 nitrogen and oxygen atoms in total. The number of hydrogen-bond donors (Lipinski definition) is 1. The van der Waals surface area contributed by atoms with Gasteiger partial charge in [-0.15, -0.1) is 0 Å². The van der Waals surface area contributed by atoms with Crippen molar-refractivity contribution < 1.29 is 23.8 Å². The van der Waals surface area contributed by atoms with Crippen molar-refractivity contribution in [2.45, 2.75) is 31.8 Å². The first kappa shape index (κ1) is 21.7. The molecule has 0 fully saturated rings. The van der Waals surface area contributed by atoms with Gasteiger partial charge in [0.15, 0.2) is 17.3 Å². The SMILES string of the molecule is C=C1NC2=C(C(=O)CCC2)C(c2cccc(OC)c2OC)C1C(=O)OCc1ccccc1. The van der Waals surface area contributed by atoms with E-state index in [1.165, 1.54) is 0 Å². The molecule has 2 aromatic carbocycles. The van der Waals surface area contributed by atoms with E-state index in [9.17, 15) is 9.59 Å². The van der Waals surface area contributed by atoms with Crippen LogP contribution in [0.3, 0.4) is 0 Å². The van der Waals surface area contributed by atoms with E-state index in [2.05, 4.69) is 11.9 Å². The normalized spacial score (nSPS) is 20.3. The Hall–Kier alpha value is -3.54. The van der Waals surface area contributed by atoms with Crippen molar-refractivity contribution >= 4 is 11.8 Å². The number of ether oxygens (including phenoxy) is 3. The van der Waals surface area contributed by atoms with Gasteiger partial charge in [-0.2, -0.15) is 0 Å². The summed E-state index contributed by atoms with van der Waals surface area (Å²) in [4.78, 5) is 26.4. The van der Waals surface area contributed by atoms with Crippen LogP contribution in [0.1, 0.15) is 36.3 Å². The second-order valence-corrected chi connectivity index (χ2v) is 7.95. The molecule has 4 rings (SSSR count). The lowest BCUT2D eigenvalue weighted by Crippen LogP contribution is -2.41. The van der Waals surface area contributed by atoms with Gasteiger partial charge >= 0.3 is 5.97 Å². The Bertz CT molecular complexity index is 1070. The molecule has 0 amide bonds. The number of allylic oxidation sites excluding steroid dienone is 2. The molecule has 6 heteroatoms. The number of carbonyl (C=O) groups excluding carboxylic acids is 2. The molecule has 166 valence electrons. The highest BCUT2D eigenvalue weighted by Crippen LogP contribution is 2.48. The van der Waals surface area contributed by atoms with E-state index in [1.807, 2.05) is 42.5 Å². The molecule has 2 atom stereocenters. The summed E-state index contributed by atoms with van der Waals surface area (Å²) in [6.07, 6.45) is 1.94. The third kappa shape index (κ3) is 4.00. The molecule has 0 bridgehead atoms. The highest BCUT2D eigenvalue weighted by Gasteiger charge is 2.45. The minimum Gasteiger partial charge on any atom is -0.493 e. The van der Waals surface area contributed by atoms with Crippen LogP contribution < -0.4 is 14.8 Å². The van der Waals surface area contributed by atoms with E-state index >= 15 is 0 Å². The quantitative estimate of drug-likeness (QED) is 0.686. The zero-order valence-electron chi connectivity index (χ0n) is 18.4. The van der Waals surface area contributed by atoms with Crippen molar-refractivity contribution in [1.29, 1.82) is 0 Å². The predicted octanol–water partition coefficient (Wildman–Crippen LogP) is 4.27. The second-order valence-electron chi connectivity index (χ2n) is 7.95. The maximum atomic E-state index is 13.4. The number of ketones is 1. The summed E-state index contributed by atoms with van der Waals surface area (Å²) in [5.74, 6) is -0.717. The van der Waals surface area contributed by atoms with Gasteiger partial charge in [0.1, 0.15) is 12.5 Å². The monoisotopic (exact) mass is 433 g/mol. The topological polar surface area (TPSA) is 73.9 Å². The molecule has 0 radical (unpaired) electrons. The van der Waals surface area contributed by atoms with Crippen LogP contribution in [0, 0.1) is 5.92 Å². The van der Waals surface area contributed by atoms with Gasteiger partial charge in [-0.05, 0) is 24.5 Å². The number of methoxy groups -OCH3 is 2. The third-order valence-corrected chi connectivity index (χ3v) is 6.03. The van der Waals surface area contributed by atoms with Gasteiger partial charge in [-0.3, -0.25) is 9.59 Å². The van der Waals surface area contributed by atoms with Crippen molar-refractivity contribution in [3.8, 4) is 11.5 Å². The van der Waals surface area contributed by atoms with Crippen LogP contribution in [0.4, 0.5) is 0 Å². The van der Waals surface area contributed by atoms with Crippen LogP contribution in [-0.4, -0.2) is 26.0 Å². The minimum atomic E-state index is -0.777. The van der Waals surface area contributed by atoms with E-state index in [0.717, 1.165) is 24.1 Å². The zero-order chi connectivity index (χ0) is 22.7. The van der Waals surface area contributed by atoms with Gasteiger partial charge in [0.25, 0.3) is 0 Å². The number of rotatable bonds is 6. The van der Waals surface area contributed by atoms with E-state index in [-0.39, 0.29) is 12.4 Å². The molecule has 1 N–H and O–H groups in total. The van der Waals surface area contributed by atoms with Crippen molar-refractivity contribution in [3.63, 3.8) is 0 Å². The summed E-state index contributed by atoms with van der Waals surface area (Å²) >= 11 is 0. The highest BCUT2D eigenvalue weighted by molar-refractivity contribution is 6.00. The minimum absolute atomic E-state index is 0.0296. The van der Waals surface area contributed by atoms with Crippen LogP contribution in [0.5, 0.6) is 11.5 Å². The average molecular weight is 434 g/mol. The van der Waals surface area contributed by atoms with Crippen molar-refractivity contribution in [1.82, 2.24) is 5.32 Å². The molecule has 1 aliphatic heterocycles.